The Kier molecular flexibility index (Phi) is 6.08. The van der Waals surface area contributed by atoms with Crippen molar-refractivity contribution in [1.29, 1.82) is 0 Å². The number of aromatic nitrogens is 2. The number of fused-ring (bicyclic) bond motifs is 1. The lowest BCUT2D eigenvalue weighted by molar-refractivity contribution is 0.0640. The maximum atomic E-state index is 12.4. The van der Waals surface area contributed by atoms with Crippen LogP contribution in [0.5, 0.6) is 5.75 Å². The monoisotopic (exact) mass is 367 g/mol. The van der Waals surface area contributed by atoms with Crippen LogP contribution in [0, 0.1) is 0 Å². The van der Waals surface area contributed by atoms with Gasteiger partial charge in [0.25, 0.3) is 5.91 Å². The number of aryl methyl sites for hydroxylation is 1. The second-order valence-electron chi connectivity index (χ2n) is 6.63. The van der Waals surface area contributed by atoms with E-state index in [4.69, 9.17) is 9.47 Å². The fraction of sp³-hybridized carbons (Fsp3) is 0.333. The van der Waals surface area contributed by atoms with Crippen LogP contribution in [-0.2, 0) is 18.4 Å². The number of nitrogens with one attached hydrogen (secondary N) is 1. The van der Waals surface area contributed by atoms with E-state index in [1.807, 2.05) is 61.9 Å². The summed E-state index contributed by atoms with van der Waals surface area (Å²) in [5, 5.41) is 2.89. The molecule has 3 aromatic rings. The molecule has 142 valence electrons. The third-order valence-corrected chi connectivity index (χ3v) is 4.18. The standard InChI is InChI=1S/C21H25N3O3/c1-15(2)27-13-17-6-4-5-7-20(17)26-11-10-22-21(25)16-8-9-18-19(12-16)24(3)14-23-18/h4-9,12,14-15H,10-11,13H2,1-3H3,(H,22,25). The molecule has 1 N–H and O–H groups in total. The lowest BCUT2D eigenvalue weighted by Gasteiger charge is -2.13. The highest BCUT2D eigenvalue weighted by molar-refractivity contribution is 5.97. The molecular formula is C21H25N3O3. The summed E-state index contributed by atoms with van der Waals surface area (Å²) < 4.78 is 13.4. The summed E-state index contributed by atoms with van der Waals surface area (Å²) in [4.78, 5) is 16.6. The number of imidazole rings is 1. The second-order valence-corrected chi connectivity index (χ2v) is 6.63. The fourth-order valence-electron chi connectivity index (χ4n) is 2.72. The first-order chi connectivity index (χ1) is 13.0. The highest BCUT2D eigenvalue weighted by Crippen LogP contribution is 2.19. The van der Waals surface area contributed by atoms with Crippen molar-refractivity contribution in [3.63, 3.8) is 0 Å². The van der Waals surface area contributed by atoms with Gasteiger partial charge in [-0.3, -0.25) is 4.79 Å². The van der Waals surface area contributed by atoms with Crippen LogP contribution >= 0.6 is 0 Å². The summed E-state index contributed by atoms with van der Waals surface area (Å²) in [6.07, 6.45) is 1.90. The molecule has 0 atom stereocenters. The minimum absolute atomic E-state index is 0.127. The average molecular weight is 367 g/mol. The van der Waals surface area contributed by atoms with Crippen LogP contribution in [0.4, 0.5) is 0 Å². The Morgan fingerprint density at radius 1 is 1.22 bits per heavy atom. The summed E-state index contributed by atoms with van der Waals surface area (Å²) >= 11 is 0. The molecule has 2 aromatic carbocycles. The quantitative estimate of drug-likeness (QED) is 0.621. The van der Waals surface area contributed by atoms with Crippen LogP contribution in [0.2, 0.25) is 0 Å². The van der Waals surface area contributed by atoms with E-state index in [9.17, 15) is 4.79 Å². The summed E-state index contributed by atoms with van der Waals surface area (Å²) in [5.74, 6) is 0.654. The minimum atomic E-state index is -0.127. The molecule has 6 heteroatoms. The van der Waals surface area contributed by atoms with Gasteiger partial charge in [0.15, 0.2) is 0 Å². The third-order valence-electron chi connectivity index (χ3n) is 4.18. The summed E-state index contributed by atoms with van der Waals surface area (Å²) in [6, 6.07) is 13.3. The normalized spacial score (nSPS) is 11.1. The first-order valence-electron chi connectivity index (χ1n) is 9.06. The Balaban J connectivity index is 1.52. The predicted molar refractivity (Wildman–Crippen MR) is 105 cm³/mol. The van der Waals surface area contributed by atoms with Crippen molar-refractivity contribution in [2.45, 2.75) is 26.6 Å². The molecule has 0 spiro atoms. The zero-order chi connectivity index (χ0) is 19.2. The van der Waals surface area contributed by atoms with Gasteiger partial charge < -0.3 is 19.4 Å². The van der Waals surface area contributed by atoms with E-state index >= 15 is 0 Å². The van der Waals surface area contributed by atoms with Crippen LogP contribution in [0.1, 0.15) is 29.8 Å². The number of carbonyl (C=O) groups is 1. The van der Waals surface area contributed by atoms with Crippen LogP contribution < -0.4 is 10.1 Å². The van der Waals surface area contributed by atoms with E-state index in [-0.39, 0.29) is 12.0 Å². The van der Waals surface area contributed by atoms with E-state index in [1.165, 1.54) is 0 Å². The molecule has 0 saturated carbocycles. The van der Waals surface area contributed by atoms with E-state index in [2.05, 4.69) is 10.3 Å². The van der Waals surface area contributed by atoms with Gasteiger partial charge in [0.2, 0.25) is 0 Å². The molecular weight excluding hydrogens is 342 g/mol. The van der Waals surface area contributed by atoms with Crippen LogP contribution in [0.15, 0.2) is 48.8 Å². The average Bonchev–Trinajstić information content (AvgIpc) is 3.04. The number of hydrogen-bond acceptors (Lipinski definition) is 4. The Labute approximate surface area is 159 Å². The number of benzene rings is 2. The van der Waals surface area contributed by atoms with Gasteiger partial charge >= 0.3 is 0 Å². The van der Waals surface area contributed by atoms with Crippen LogP contribution in [0.25, 0.3) is 11.0 Å². The van der Waals surface area contributed by atoms with Crippen molar-refractivity contribution in [3.8, 4) is 5.75 Å². The van der Waals surface area contributed by atoms with Crippen molar-refractivity contribution >= 4 is 16.9 Å². The molecule has 6 nitrogen and oxygen atoms in total. The number of hydrogen-bond donors (Lipinski definition) is 1. The van der Waals surface area contributed by atoms with Gasteiger partial charge in [0.05, 0.1) is 36.6 Å². The fourth-order valence-corrected chi connectivity index (χ4v) is 2.72. The predicted octanol–water partition coefficient (Wildman–Crippen LogP) is 3.31. The van der Waals surface area contributed by atoms with Crippen LogP contribution in [-0.4, -0.2) is 34.7 Å². The molecule has 0 radical (unpaired) electrons. The lowest BCUT2D eigenvalue weighted by Crippen LogP contribution is -2.28. The molecule has 0 aliphatic carbocycles. The Morgan fingerprint density at radius 3 is 2.85 bits per heavy atom. The van der Waals surface area contributed by atoms with Crippen molar-refractivity contribution in [2.75, 3.05) is 13.2 Å². The molecule has 1 amide bonds. The molecule has 27 heavy (non-hydrogen) atoms. The summed E-state index contributed by atoms with van der Waals surface area (Å²) in [5.41, 5.74) is 3.41. The molecule has 1 aromatic heterocycles. The van der Waals surface area contributed by atoms with Gasteiger partial charge in [-0.05, 0) is 38.1 Å². The minimum Gasteiger partial charge on any atom is -0.491 e. The number of rotatable bonds is 8. The lowest BCUT2D eigenvalue weighted by atomic mass is 10.2. The summed E-state index contributed by atoms with van der Waals surface area (Å²) in [7, 11) is 1.91. The highest BCUT2D eigenvalue weighted by Gasteiger charge is 2.09. The van der Waals surface area contributed by atoms with Crippen molar-refractivity contribution in [2.24, 2.45) is 7.05 Å². The van der Waals surface area contributed by atoms with E-state index in [1.54, 1.807) is 12.4 Å². The third kappa shape index (κ3) is 4.86. The van der Waals surface area contributed by atoms with Gasteiger partial charge in [0, 0.05) is 18.2 Å². The summed E-state index contributed by atoms with van der Waals surface area (Å²) in [6.45, 7) is 5.31. The zero-order valence-corrected chi connectivity index (χ0v) is 15.9. The maximum Gasteiger partial charge on any atom is 0.251 e. The Bertz CT molecular complexity index is 918. The smallest absolute Gasteiger partial charge is 0.251 e. The molecule has 0 saturated heterocycles. The largest absolute Gasteiger partial charge is 0.491 e. The molecule has 0 aliphatic rings. The molecule has 1 heterocycles. The second kappa shape index (κ2) is 8.68. The first kappa shape index (κ1) is 18.9. The number of ether oxygens (including phenoxy) is 2. The maximum absolute atomic E-state index is 12.4. The SMILES string of the molecule is CC(C)OCc1ccccc1OCCNC(=O)c1ccc2ncn(C)c2c1. The van der Waals surface area contributed by atoms with Crippen molar-refractivity contribution in [1.82, 2.24) is 14.9 Å². The van der Waals surface area contributed by atoms with Gasteiger partial charge in [-0.2, -0.15) is 0 Å². The first-order valence-corrected chi connectivity index (χ1v) is 9.06. The van der Waals surface area contributed by atoms with E-state index in [0.29, 0.717) is 25.3 Å². The number of amides is 1. The molecule has 0 unspecified atom stereocenters. The molecule has 3 rings (SSSR count). The van der Waals surface area contributed by atoms with Gasteiger partial charge in [0.1, 0.15) is 12.4 Å². The van der Waals surface area contributed by atoms with Crippen molar-refractivity contribution < 1.29 is 14.3 Å². The Morgan fingerprint density at radius 2 is 2.04 bits per heavy atom. The van der Waals surface area contributed by atoms with Gasteiger partial charge in [-0.15, -0.1) is 0 Å². The van der Waals surface area contributed by atoms with Crippen molar-refractivity contribution in [3.05, 3.63) is 59.9 Å². The zero-order valence-electron chi connectivity index (χ0n) is 15.9. The topological polar surface area (TPSA) is 65.4 Å². The van der Waals surface area contributed by atoms with Gasteiger partial charge in [-0.25, -0.2) is 4.98 Å². The van der Waals surface area contributed by atoms with E-state index < -0.39 is 0 Å². The number of nitrogens with zero attached hydrogens (tertiary/aromatic N) is 2. The Hall–Kier alpha value is -2.86. The highest BCUT2D eigenvalue weighted by atomic mass is 16.5. The molecule has 0 bridgehead atoms. The van der Waals surface area contributed by atoms with Gasteiger partial charge in [-0.1, -0.05) is 18.2 Å². The number of carbonyl (C=O) groups excluding carboxylic acids is 1. The van der Waals surface area contributed by atoms with E-state index in [0.717, 1.165) is 22.3 Å². The molecule has 0 fully saturated rings. The number of para-hydroxylation sites is 1. The van der Waals surface area contributed by atoms with Crippen LogP contribution in [0.3, 0.4) is 0 Å². The molecule has 0 aliphatic heterocycles.